The number of thiazole rings is 1. The summed E-state index contributed by atoms with van der Waals surface area (Å²) in [6.07, 6.45) is 1.46. The summed E-state index contributed by atoms with van der Waals surface area (Å²) < 4.78 is 5.57. The first kappa shape index (κ1) is 9.73. The zero-order chi connectivity index (χ0) is 9.97. The molecular weight excluding hydrogens is 198 g/mol. The summed E-state index contributed by atoms with van der Waals surface area (Å²) in [6.45, 7) is 4.79. The van der Waals surface area contributed by atoms with E-state index in [9.17, 15) is 0 Å². The molecule has 1 aliphatic heterocycles. The summed E-state index contributed by atoms with van der Waals surface area (Å²) in [7, 11) is 0. The van der Waals surface area contributed by atoms with Gasteiger partial charge in [-0.15, -0.1) is 11.3 Å². The second-order valence-electron chi connectivity index (χ2n) is 3.37. The molecule has 0 amide bonds. The Labute approximate surface area is 87.7 Å². The third-order valence-corrected chi connectivity index (χ3v) is 3.25. The number of rotatable bonds is 3. The second-order valence-corrected chi connectivity index (χ2v) is 4.20. The predicted molar refractivity (Wildman–Crippen MR) is 58.8 cm³/mol. The molecule has 2 heterocycles. The highest BCUT2D eigenvalue weighted by Gasteiger charge is 2.24. The van der Waals surface area contributed by atoms with Crippen molar-refractivity contribution in [3.63, 3.8) is 0 Å². The normalized spacial score (nSPS) is 21.8. The lowest BCUT2D eigenvalue weighted by Crippen LogP contribution is -2.22. The van der Waals surface area contributed by atoms with Crippen molar-refractivity contribution in [2.45, 2.75) is 19.4 Å². The van der Waals surface area contributed by atoms with E-state index in [-0.39, 0.29) is 0 Å². The molecule has 0 saturated carbocycles. The molecule has 1 aromatic heterocycles. The van der Waals surface area contributed by atoms with E-state index < -0.39 is 0 Å². The van der Waals surface area contributed by atoms with E-state index in [0.717, 1.165) is 31.2 Å². The van der Waals surface area contributed by atoms with Crippen LogP contribution < -0.4 is 10.6 Å². The highest BCUT2D eigenvalue weighted by Crippen LogP contribution is 2.26. The Kier molecular flexibility index (Phi) is 2.88. The van der Waals surface area contributed by atoms with Crippen LogP contribution >= 0.6 is 11.3 Å². The minimum atomic E-state index is 0.366. The summed E-state index contributed by atoms with van der Waals surface area (Å²) in [5, 5.41) is 2.90. The summed E-state index contributed by atoms with van der Waals surface area (Å²) >= 11 is 1.60. The third kappa shape index (κ3) is 1.99. The fraction of sp³-hybridized carbons (Fsp3) is 0.667. The molecule has 5 heteroatoms. The molecule has 1 fully saturated rings. The van der Waals surface area contributed by atoms with Gasteiger partial charge in [0.15, 0.2) is 5.13 Å². The van der Waals surface area contributed by atoms with Crippen LogP contribution in [-0.4, -0.2) is 30.8 Å². The van der Waals surface area contributed by atoms with Gasteiger partial charge in [-0.1, -0.05) is 0 Å². The monoisotopic (exact) mass is 213 g/mol. The molecular formula is C9H15N3OS. The van der Waals surface area contributed by atoms with Gasteiger partial charge in [0, 0.05) is 25.1 Å². The van der Waals surface area contributed by atoms with Gasteiger partial charge >= 0.3 is 0 Å². The molecule has 1 aliphatic rings. The van der Waals surface area contributed by atoms with Crippen LogP contribution in [0, 0.1) is 0 Å². The average Bonchev–Trinajstić information content (AvgIpc) is 2.74. The van der Waals surface area contributed by atoms with Gasteiger partial charge in [0.25, 0.3) is 0 Å². The van der Waals surface area contributed by atoms with Gasteiger partial charge in [0.2, 0.25) is 0 Å². The lowest BCUT2D eigenvalue weighted by Gasteiger charge is -2.14. The van der Waals surface area contributed by atoms with Crippen molar-refractivity contribution in [1.82, 2.24) is 4.98 Å². The van der Waals surface area contributed by atoms with Crippen molar-refractivity contribution < 1.29 is 4.74 Å². The van der Waals surface area contributed by atoms with Crippen LogP contribution in [0.3, 0.4) is 0 Å². The van der Waals surface area contributed by atoms with Crippen LogP contribution in [0.15, 0.2) is 5.38 Å². The molecule has 2 N–H and O–H groups in total. The van der Waals surface area contributed by atoms with Crippen LogP contribution in [0.5, 0.6) is 0 Å². The SMILES string of the molecule is CCO[C@@H]1CCN(c2nc(N)cs2)C1. The number of nitrogen functional groups attached to an aromatic ring is 1. The van der Waals surface area contributed by atoms with Gasteiger partial charge in [-0.05, 0) is 13.3 Å². The Morgan fingerprint density at radius 1 is 1.79 bits per heavy atom. The van der Waals surface area contributed by atoms with Gasteiger partial charge in [0.05, 0.1) is 6.10 Å². The van der Waals surface area contributed by atoms with Gasteiger partial charge in [0.1, 0.15) is 5.82 Å². The maximum atomic E-state index is 5.58. The first-order valence-corrected chi connectivity index (χ1v) is 5.75. The lowest BCUT2D eigenvalue weighted by atomic mass is 10.3. The van der Waals surface area contributed by atoms with Gasteiger partial charge in [-0.25, -0.2) is 4.98 Å². The number of ether oxygens (including phenoxy) is 1. The predicted octanol–water partition coefficient (Wildman–Crippen LogP) is 1.34. The molecule has 1 atom stereocenters. The molecule has 0 unspecified atom stereocenters. The summed E-state index contributed by atoms with van der Waals surface area (Å²) in [5.74, 6) is 0.616. The Bertz CT molecular complexity index is 302. The average molecular weight is 213 g/mol. The number of hydrogen-bond donors (Lipinski definition) is 1. The molecule has 0 spiro atoms. The number of nitrogens with two attached hydrogens (primary N) is 1. The van der Waals surface area contributed by atoms with Crippen LogP contribution in [-0.2, 0) is 4.74 Å². The van der Waals surface area contributed by atoms with Crippen LogP contribution in [0.25, 0.3) is 0 Å². The summed E-state index contributed by atoms with van der Waals surface area (Å²) in [4.78, 5) is 6.49. The summed E-state index contributed by atoms with van der Waals surface area (Å²) in [5.41, 5.74) is 5.58. The number of hydrogen-bond acceptors (Lipinski definition) is 5. The Hall–Kier alpha value is -0.810. The molecule has 2 rings (SSSR count). The van der Waals surface area contributed by atoms with E-state index in [1.807, 2.05) is 12.3 Å². The van der Waals surface area contributed by atoms with Crippen LogP contribution in [0.4, 0.5) is 10.9 Å². The van der Waals surface area contributed by atoms with Crippen molar-refractivity contribution in [2.24, 2.45) is 0 Å². The Balaban J connectivity index is 1.95. The zero-order valence-electron chi connectivity index (χ0n) is 8.27. The molecule has 0 aromatic carbocycles. The van der Waals surface area contributed by atoms with E-state index in [0.29, 0.717) is 11.9 Å². The molecule has 78 valence electrons. The van der Waals surface area contributed by atoms with Crippen LogP contribution in [0.2, 0.25) is 0 Å². The second kappa shape index (κ2) is 4.14. The minimum Gasteiger partial charge on any atom is -0.383 e. The highest BCUT2D eigenvalue weighted by atomic mass is 32.1. The lowest BCUT2D eigenvalue weighted by molar-refractivity contribution is 0.0787. The minimum absolute atomic E-state index is 0.366. The Morgan fingerprint density at radius 2 is 2.64 bits per heavy atom. The zero-order valence-corrected chi connectivity index (χ0v) is 9.09. The van der Waals surface area contributed by atoms with Gasteiger partial charge < -0.3 is 15.4 Å². The quantitative estimate of drug-likeness (QED) is 0.823. The van der Waals surface area contributed by atoms with Crippen molar-refractivity contribution in [1.29, 1.82) is 0 Å². The standard InChI is InChI=1S/C9H15N3OS/c1-2-13-7-3-4-12(5-7)9-11-8(10)6-14-9/h6-7H,2-5,10H2,1H3/t7-/m1/s1. The number of nitrogens with zero attached hydrogens (tertiary/aromatic N) is 2. The van der Waals surface area contributed by atoms with E-state index in [2.05, 4.69) is 9.88 Å². The van der Waals surface area contributed by atoms with Gasteiger partial charge in [-0.2, -0.15) is 0 Å². The first-order valence-electron chi connectivity index (χ1n) is 4.87. The Morgan fingerprint density at radius 3 is 3.29 bits per heavy atom. The smallest absolute Gasteiger partial charge is 0.187 e. The van der Waals surface area contributed by atoms with Crippen molar-refractivity contribution in [2.75, 3.05) is 30.3 Å². The van der Waals surface area contributed by atoms with E-state index >= 15 is 0 Å². The van der Waals surface area contributed by atoms with Gasteiger partial charge in [-0.3, -0.25) is 0 Å². The molecule has 1 aromatic rings. The maximum absolute atomic E-state index is 5.58. The largest absolute Gasteiger partial charge is 0.383 e. The van der Waals surface area contributed by atoms with E-state index in [1.54, 1.807) is 11.3 Å². The fourth-order valence-electron chi connectivity index (χ4n) is 1.70. The molecule has 0 bridgehead atoms. The first-order chi connectivity index (χ1) is 6.79. The summed E-state index contributed by atoms with van der Waals surface area (Å²) in [6, 6.07) is 0. The maximum Gasteiger partial charge on any atom is 0.187 e. The molecule has 0 radical (unpaired) electrons. The van der Waals surface area contributed by atoms with Crippen molar-refractivity contribution >= 4 is 22.3 Å². The third-order valence-electron chi connectivity index (χ3n) is 2.33. The molecule has 0 aliphatic carbocycles. The molecule has 14 heavy (non-hydrogen) atoms. The number of anilines is 2. The topological polar surface area (TPSA) is 51.4 Å². The number of aromatic nitrogens is 1. The molecule has 1 saturated heterocycles. The van der Waals surface area contributed by atoms with Crippen molar-refractivity contribution in [3.8, 4) is 0 Å². The van der Waals surface area contributed by atoms with Crippen molar-refractivity contribution in [3.05, 3.63) is 5.38 Å². The molecule has 4 nitrogen and oxygen atoms in total. The fourth-order valence-corrected chi connectivity index (χ4v) is 2.45. The van der Waals surface area contributed by atoms with Crippen LogP contribution in [0.1, 0.15) is 13.3 Å². The highest BCUT2D eigenvalue weighted by molar-refractivity contribution is 7.14. The van der Waals surface area contributed by atoms with E-state index in [1.165, 1.54) is 0 Å². The van der Waals surface area contributed by atoms with E-state index in [4.69, 9.17) is 10.5 Å².